The molecule has 1 aromatic rings. The van der Waals surface area contributed by atoms with Crippen LogP contribution in [-0.2, 0) is 14.3 Å². The maximum atomic E-state index is 12.5. The molecule has 1 saturated heterocycles. The number of ketones is 1. The minimum absolute atomic E-state index is 0.00516. The van der Waals surface area contributed by atoms with Crippen LogP contribution in [0.3, 0.4) is 0 Å². The van der Waals surface area contributed by atoms with Crippen molar-refractivity contribution in [3.8, 4) is 0 Å². The second kappa shape index (κ2) is 7.43. The van der Waals surface area contributed by atoms with Gasteiger partial charge in [0.15, 0.2) is 5.78 Å². The van der Waals surface area contributed by atoms with Crippen LogP contribution in [0.2, 0.25) is 0 Å². The molecule has 1 atom stereocenters. The van der Waals surface area contributed by atoms with Gasteiger partial charge in [0, 0.05) is 24.3 Å². The number of benzene rings is 1. The number of aliphatic imine (C=N–C) groups is 1. The van der Waals surface area contributed by atoms with Crippen molar-refractivity contribution in [1.82, 2.24) is 10.2 Å². The molecule has 2 N–H and O–H groups in total. The first kappa shape index (κ1) is 17.1. The molecule has 1 fully saturated rings. The van der Waals surface area contributed by atoms with E-state index in [1.165, 1.54) is 6.92 Å². The summed E-state index contributed by atoms with van der Waals surface area (Å²) in [6.07, 6.45) is 0.00516. The third-order valence-electron chi connectivity index (χ3n) is 4.08. The molecular formula is C17H20N4O4. The molecule has 25 heavy (non-hydrogen) atoms. The topological polar surface area (TPSA) is 100 Å². The largest absolute Gasteiger partial charge is 0.378 e. The lowest BCUT2D eigenvalue weighted by Crippen LogP contribution is -2.53. The van der Waals surface area contributed by atoms with Crippen LogP contribution in [0.5, 0.6) is 0 Å². The Hall–Kier alpha value is -2.74. The minimum atomic E-state index is -0.779. The van der Waals surface area contributed by atoms with Gasteiger partial charge in [0.25, 0.3) is 0 Å². The van der Waals surface area contributed by atoms with E-state index in [1.807, 2.05) is 4.90 Å². The van der Waals surface area contributed by atoms with Crippen molar-refractivity contribution in [2.24, 2.45) is 4.99 Å². The number of rotatable bonds is 3. The van der Waals surface area contributed by atoms with Crippen LogP contribution in [0.25, 0.3) is 0 Å². The van der Waals surface area contributed by atoms with Crippen molar-refractivity contribution in [2.75, 3.05) is 31.6 Å². The number of morpholine rings is 1. The van der Waals surface area contributed by atoms with E-state index in [-0.39, 0.29) is 24.0 Å². The van der Waals surface area contributed by atoms with Crippen molar-refractivity contribution in [2.45, 2.75) is 19.4 Å². The Labute approximate surface area is 145 Å². The van der Waals surface area contributed by atoms with Gasteiger partial charge >= 0.3 is 0 Å². The van der Waals surface area contributed by atoms with Gasteiger partial charge < -0.3 is 15.0 Å². The maximum Gasteiger partial charge on any atom is 0.249 e. The molecular weight excluding hydrogens is 324 g/mol. The van der Waals surface area contributed by atoms with Crippen LogP contribution < -0.4 is 10.6 Å². The van der Waals surface area contributed by atoms with E-state index in [2.05, 4.69) is 15.6 Å². The standard InChI is InChI=1S/C17H20N4O4/c1-11(22)12-2-4-13(5-3-12)18-16(24)14-10-15(23)20-17(19-14)21-6-8-25-9-7-21/h2-5,14H,6-10H2,1H3,(H,18,24)(H,19,20,23)/t14-/m0/s1. The summed E-state index contributed by atoms with van der Waals surface area (Å²) in [7, 11) is 0. The molecule has 3 rings (SSSR count). The number of carbonyl (C=O) groups excluding carboxylic acids is 3. The molecule has 0 bridgehead atoms. The van der Waals surface area contributed by atoms with Crippen molar-refractivity contribution in [1.29, 1.82) is 0 Å². The van der Waals surface area contributed by atoms with E-state index < -0.39 is 6.04 Å². The van der Waals surface area contributed by atoms with Gasteiger partial charge in [0.1, 0.15) is 6.04 Å². The predicted octanol–water partition coefficient (Wildman–Crippen LogP) is 0.404. The summed E-state index contributed by atoms with van der Waals surface area (Å²) in [5.41, 5.74) is 1.13. The minimum Gasteiger partial charge on any atom is -0.378 e. The number of Topliss-reactive ketones (excluding diaryl/α,β-unsaturated/α-hetero) is 1. The molecule has 0 spiro atoms. The molecule has 0 saturated carbocycles. The highest BCUT2D eigenvalue weighted by atomic mass is 16.5. The summed E-state index contributed by atoms with van der Waals surface area (Å²) in [4.78, 5) is 42.0. The van der Waals surface area contributed by atoms with Crippen molar-refractivity contribution in [3.63, 3.8) is 0 Å². The van der Waals surface area contributed by atoms with Crippen LogP contribution in [0, 0.1) is 0 Å². The summed E-state index contributed by atoms with van der Waals surface area (Å²) in [5, 5.41) is 5.46. The van der Waals surface area contributed by atoms with Gasteiger partial charge in [-0.2, -0.15) is 0 Å². The van der Waals surface area contributed by atoms with Crippen molar-refractivity contribution in [3.05, 3.63) is 29.8 Å². The molecule has 2 aliphatic heterocycles. The zero-order chi connectivity index (χ0) is 17.8. The Bertz CT molecular complexity index is 708. The third kappa shape index (κ3) is 4.21. The number of anilines is 1. The first-order chi connectivity index (χ1) is 12.0. The molecule has 0 aliphatic carbocycles. The van der Waals surface area contributed by atoms with Gasteiger partial charge in [-0.1, -0.05) is 0 Å². The van der Waals surface area contributed by atoms with E-state index in [0.717, 1.165) is 0 Å². The second-order valence-electron chi connectivity index (χ2n) is 5.94. The lowest BCUT2D eigenvalue weighted by molar-refractivity contribution is -0.125. The Balaban J connectivity index is 1.69. The highest BCUT2D eigenvalue weighted by molar-refractivity contribution is 6.06. The highest BCUT2D eigenvalue weighted by Gasteiger charge is 2.29. The first-order valence-corrected chi connectivity index (χ1v) is 8.15. The Morgan fingerprint density at radius 3 is 2.56 bits per heavy atom. The molecule has 0 unspecified atom stereocenters. The second-order valence-corrected chi connectivity index (χ2v) is 5.94. The predicted molar refractivity (Wildman–Crippen MR) is 91.5 cm³/mol. The number of nitrogens with one attached hydrogen (secondary N) is 2. The van der Waals surface area contributed by atoms with Gasteiger partial charge in [0.2, 0.25) is 17.8 Å². The van der Waals surface area contributed by atoms with E-state index in [9.17, 15) is 14.4 Å². The molecule has 0 aromatic heterocycles. The summed E-state index contributed by atoms with van der Waals surface area (Å²) in [5.74, 6) is -0.201. The van der Waals surface area contributed by atoms with Crippen LogP contribution in [0.4, 0.5) is 5.69 Å². The van der Waals surface area contributed by atoms with Gasteiger partial charge in [-0.3, -0.25) is 19.7 Å². The number of guanidine groups is 1. The van der Waals surface area contributed by atoms with E-state index in [1.54, 1.807) is 24.3 Å². The normalized spacial score (nSPS) is 20.5. The lowest BCUT2D eigenvalue weighted by Gasteiger charge is -2.32. The van der Waals surface area contributed by atoms with Gasteiger partial charge in [0.05, 0.1) is 19.6 Å². The van der Waals surface area contributed by atoms with Gasteiger partial charge in [-0.25, -0.2) is 4.99 Å². The SMILES string of the molecule is CC(=O)c1ccc(NC(=O)[C@@H]2CC(=O)NC(N3CCOCC3)=N2)cc1. The van der Waals surface area contributed by atoms with Crippen molar-refractivity contribution < 1.29 is 19.1 Å². The fraction of sp³-hybridized carbons (Fsp3) is 0.412. The van der Waals surface area contributed by atoms with Crippen LogP contribution >= 0.6 is 0 Å². The monoisotopic (exact) mass is 344 g/mol. The molecule has 2 amide bonds. The molecule has 0 radical (unpaired) electrons. The van der Waals surface area contributed by atoms with Crippen molar-refractivity contribution >= 4 is 29.2 Å². The van der Waals surface area contributed by atoms with Crippen LogP contribution in [-0.4, -0.2) is 60.8 Å². The zero-order valence-electron chi connectivity index (χ0n) is 13.9. The average Bonchev–Trinajstić information content (AvgIpc) is 2.62. The molecule has 8 heteroatoms. The van der Waals surface area contributed by atoms with E-state index >= 15 is 0 Å². The van der Waals surface area contributed by atoms with Gasteiger partial charge in [-0.05, 0) is 31.2 Å². The summed E-state index contributed by atoms with van der Waals surface area (Å²) in [6, 6.07) is 5.83. The number of hydrogen-bond acceptors (Lipinski definition) is 6. The van der Waals surface area contributed by atoms with E-state index in [4.69, 9.17) is 4.74 Å². The number of nitrogens with zero attached hydrogens (tertiary/aromatic N) is 2. The molecule has 1 aromatic carbocycles. The first-order valence-electron chi connectivity index (χ1n) is 8.15. The summed E-state index contributed by atoms with van der Waals surface area (Å²) < 4.78 is 5.28. The highest BCUT2D eigenvalue weighted by Crippen LogP contribution is 2.14. The molecule has 132 valence electrons. The smallest absolute Gasteiger partial charge is 0.249 e. The fourth-order valence-corrected chi connectivity index (χ4v) is 2.68. The number of amides is 2. The molecule has 8 nitrogen and oxygen atoms in total. The quantitative estimate of drug-likeness (QED) is 0.774. The Morgan fingerprint density at radius 2 is 1.92 bits per heavy atom. The molecule has 2 aliphatic rings. The number of carbonyl (C=O) groups is 3. The summed E-state index contributed by atoms with van der Waals surface area (Å²) >= 11 is 0. The third-order valence-corrected chi connectivity index (χ3v) is 4.08. The van der Waals surface area contributed by atoms with Gasteiger partial charge in [-0.15, -0.1) is 0 Å². The average molecular weight is 344 g/mol. The Kier molecular flexibility index (Phi) is 5.08. The maximum absolute atomic E-state index is 12.5. The fourth-order valence-electron chi connectivity index (χ4n) is 2.68. The number of hydrogen-bond donors (Lipinski definition) is 2. The Morgan fingerprint density at radius 1 is 1.24 bits per heavy atom. The van der Waals surface area contributed by atoms with Crippen LogP contribution in [0.15, 0.2) is 29.3 Å². The molecule has 2 heterocycles. The van der Waals surface area contributed by atoms with E-state index in [0.29, 0.717) is 43.5 Å². The lowest BCUT2D eigenvalue weighted by atomic mass is 10.1. The number of ether oxygens (including phenoxy) is 1. The zero-order valence-corrected chi connectivity index (χ0v) is 13.9. The van der Waals surface area contributed by atoms with Crippen LogP contribution in [0.1, 0.15) is 23.7 Å². The summed E-state index contributed by atoms with van der Waals surface area (Å²) in [6.45, 7) is 3.86.